The Morgan fingerprint density at radius 2 is 1.77 bits per heavy atom. The van der Waals surface area contributed by atoms with Crippen LogP contribution in [0.3, 0.4) is 0 Å². The van der Waals surface area contributed by atoms with Crippen LogP contribution in [-0.2, 0) is 25.8 Å². The van der Waals surface area contributed by atoms with E-state index in [-0.39, 0.29) is 17.1 Å². The Morgan fingerprint density at radius 1 is 1.15 bits per heavy atom. The lowest BCUT2D eigenvalue weighted by Gasteiger charge is -2.37. The lowest BCUT2D eigenvalue weighted by Crippen LogP contribution is -2.42. The number of rotatable bonds is 3. The molecule has 26 heavy (non-hydrogen) atoms. The van der Waals surface area contributed by atoms with Gasteiger partial charge in [0.05, 0.1) is 15.9 Å². The van der Waals surface area contributed by atoms with Crippen molar-refractivity contribution in [1.82, 2.24) is 0 Å². The van der Waals surface area contributed by atoms with E-state index in [4.69, 9.17) is 0 Å². The highest BCUT2D eigenvalue weighted by atomic mass is 32.2. The summed E-state index contributed by atoms with van der Waals surface area (Å²) >= 11 is 0. The molecule has 1 saturated heterocycles. The molecule has 3 aliphatic rings. The van der Waals surface area contributed by atoms with Gasteiger partial charge in [0.1, 0.15) is 17.3 Å². The van der Waals surface area contributed by atoms with Gasteiger partial charge in [-0.1, -0.05) is 32.0 Å². The first kappa shape index (κ1) is 19.9. The number of carbonyl (C=O) groups excluding carboxylic acids is 1. The zero-order chi connectivity index (χ0) is 19.0. The second kappa shape index (κ2) is 7.28. The van der Waals surface area contributed by atoms with E-state index in [1.807, 2.05) is 13.8 Å². The molecule has 4 nitrogen and oxygen atoms in total. The topological polar surface area (TPSA) is 74.3 Å². The summed E-state index contributed by atoms with van der Waals surface area (Å²) in [6.07, 6.45) is 4.76. The molecule has 144 valence electrons. The number of benzene rings is 1. The maximum Gasteiger partial charge on any atom is 0.154 e. The Bertz CT molecular complexity index is 751. The maximum absolute atomic E-state index is 11.8. The molecule has 3 fully saturated rings. The number of hydrogen-bond acceptors (Lipinski definition) is 4. The fourth-order valence-corrected chi connectivity index (χ4v) is 8.52. The minimum Gasteiger partial charge on any atom is -0.748 e. The third-order valence-corrected chi connectivity index (χ3v) is 10.0. The van der Waals surface area contributed by atoms with Gasteiger partial charge >= 0.3 is 0 Å². The summed E-state index contributed by atoms with van der Waals surface area (Å²) in [6.45, 7) is 3.83. The standard InChI is InChI=1S/C10H16O4S.C10H13S/c1-9(2)7-3-4-10(9,8(11)5-7)6-15(12,13)14;1-2-6-10(7-3-1)11-8-4-5-9-11/h7H,3-6H2,1-2H3,(H,12,13,14);1-3,6-7H,4-5,8-9H2/q;+1/p-1. The number of fused-ring (bicyclic) bond motifs is 2. The minimum absolute atomic E-state index is 0.0248. The SMILES string of the molecule is CC1(C)C2CCC1(CS(=O)(=O)[O-])C(=O)C2.c1ccc([S+]2CCCC2)cc1. The third-order valence-electron chi connectivity index (χ3n) is 6.67. The predicted octanol–water partition coefficient (Wildman–Crippen LogP) is 3.38. The van der Waals surface area contributed by atoms with Crippen LogP contribution >= 0.6 is 0 Å². The Hall–Kier alpha value is -0.850. The summed E-state index contributed by atoms with van der Waals surface area (Å²) in [5, 5.41) is 0. The molecule has 1 aromatic carbocycles. The summed E-state index contributed by atoms with van der Waals surface area (Å²) in [7, 11) is -3.72. The number of hydrogen-bond donors (Lipinski definition) is 0. The maximum atomic E-state index is 11.8. The van der Waals surface area contributed by atoms with Gasteiger partial charge in [-0.3, -0.25) is 4.79 Å². The van der Waals surface area contributed by atoms with Crippen LogP contribution in [-0.4, -0.2) is 36.0 Å². The molecular weight excluding hydrogens is 368 g/mol. The van der Waals surface area contributed by atoms with Gasteiger partial charge in [0.25, 0.3) is 0 Å². The molecule has 0 radical (unpaired) electrons. The molecule has 0 spiro atoms. The van der Waals surface area contributed by atoms with Crippen molar-refractivity contribution in [1.29, 1.82) is 0 Å². The smallest absolute Gasteiger partial charge is 0.154 e. The Kier molecular flexibility index (Phi) is 5.58. The van der Waals surface area contributed by atoms with Crippen LogP contribution in [0.5, 0.6) is 0 Å². The molecule has 0 aromatic heterocycles. The van der Waals surface area contributed by atoms with E-state index in [1.54, 1.807) is 4.90 Å². The van der Waals surface area contributed by atoms with E-state index in [9.17, 15) is 17.8 Å². The van der Waals surface area contributed by atoms with Crippen molar-refractivity contribution in [2.75, 3.05) is 17.3 Å². The van der Waals surface area contributed by atoms with E-state index in [2.05, 4.69) is 30.3 Å². The normalized spacial score (nSPS) is 30.3. The van der Waals surface area contributed by atoms with Gasteiger partial charge in [0.2, 0.25) is 0 Å². The van der Waals surface area contributed by atoms with Gasteiger partial charge in [-0.05, 0) is 49.1 Å². The molecule has 6 heteroatoms. The zero-order valence-electron chi connectivity index (χ0n) is 15.6. The summed E-state index contributed by atoms with van der Waals surface area (Å²) in [5.41, 5.74) is -1.22. The minimum atomic E-state index is -4.33. The van der Waals surface area contributed by atoms with Crippen molar-refractivity contribution in [2.24, 2.45) is 16.7 Å². The third kappa shape index (κ3) is 3.73. The van der Waals surface area contributed by atoms with E-state index in [1.165, 1.54) is 24.3 Å². The molecular formula is C20H28O4S2. The van der Waals surface area contributed by atoms with Crippen LogP contribution in [0.25, 0.3) is 0 Å². The fraction of sp³-hybridized carbons (Fsp3) is 0.650. The van der Waals surface area contributed by atoms with Crippen molar-refractivity contribution < 1.29 is 17.8 Å². The second-order valence-corrected chi connectivity index (χ2v) is 12.0. The van der Waals surface area contributed by atoms with E-state index >= 15 is 0 Å². The molecule has 2 bridgehead atoms. The predicted molar refractivity (Wildman–Crippen MR) is 104 cm³/mol. The van der Waals surface area contributed by atoms with Crippen molar-refractivity contribution in [3.8, 4) is 0 Å². The second-order valence-electron chi connectivity index (χ2n) is 8.29. The molecule has 2 atom stereocenters. The van der Waals surface area contributed by atoms with E-state index < -0.39 is 21.3 Å². The van der Waals surface area contributed by atoms with Gasteiger partial charge in [-0.25, -0.2) is 8.42 Å². The molecule has 2 aliphatic carbocycles. The first-order chi connectivity index (χ1) is 12.2. The number of Topliss-reactive ketones (excluding diaryl/α,β-unsaturated/α-hetero) is 1. The summed E-state index contributed by atoms with van der Waals surface area (Å²) in [6, 6.07) is 11.0. The molecule has 1 aromatic rings. The highest BCUT2D eigenvalue weighted by Gasteiger charge is 2.64. The molecule has 0 N–H and O–H groups in total. The Balaban J connectivity index is 0.000000158. The van der Waals surface area contributed by atoms with Crippen molar-refractivity contribution in [3.05, 3.63) is 30.3 Å². The van der Waals surface area contributed by atoms with E-state index in [0.29, 0.717) is 23.7 Å². The zero-order valence-corrected chi connectivity index (χ0v) is 17.2. The average molecular weight is 397 g/mol. The van der Waals surface area contributed by atoms with Crippen LogP contribution in [0.15, 0.2) is 35.2 Å². The summed E-state index contributed by atoms with van der Waals surface area (Å²) in [4.78, 5) is 13.4. The average Bonchev–Trinajstić information content (AvgIpc) is 3.22. The largest absolute Gasteiger partial charge is 0.748 e. The monoisotopic (exact) mass is 396 g/mol. The van der Waals surface area contributed by atoms with E-state index in [0.717, 1.165) is 6.42 Å². The van der Waals surface area contributed by atoms with Gasteiger partial charge < -0.3 is 4.55 Å². The fourth-order valence-electron chi connectivity index (χ4n) is 4.91. The van der Waals surface area contributed by atoms with Gasteiger partial charge in [-0.15, -0.1) is 0 Å². The lowest BCUT2D eigenvalue weighted by molar-refractivity contribution is -0.128. The number of carbonyl (C=O) groups is 1. The highest BCUT2D eigenvalue weighted by molar-refractivity contribution is 7.97. The van der Waals surface area contributed by atoms with Crippen molar-refractivity contribution in [3.63, 3.8) is 0 Å². The van der Waals surface area contributed by atoms with Crippen molar-refractivity contribution in [2.45, 2.75) is 50.8 Å². The van der Waals surface area contributed by atoms with Gasteiger partial charge in [0.15, 0.2) is 4.90 Å². The molecule has 4 rings (SSSR count). The molecule has 2 unspecified atom stereocenters. The van der Waals surface area contributed by atoms with Crippen LogP contribution in [0.2, 0.25) is 0 Å². The lowest BCUT2D eigenvalue weighted by atomic mass is 9.70. The Morgan fingerprint density at radius 3 is 2.23 bits per heavy atom. The summed E-state index contributed by atoms with van der Waals surface area (Å²) < 4.78 is 32.7. The first-order valence-electron chi connectivity index (χ1n) is 9.35. The summed E-state index contributed by atoms with van der Waals surface area (Å²) in [5.74, 6) is 2.59. The van der Waals surface area contributed by atoms with Crippen LogP contribution in [0.1, 0.15) is 46.0 Å². The van der Waals surface area contributed by atoms with Crippen LogP contribution in [0, 0.1) is 16.7 Å². The van der Waals surface area contributed by atoms with Crippen LogP contribution < -0.4 is 0 Å². The number of ketones is 1. The van der Waals surface area contributed by atoms with Crippen molar-refractivity contribution >= 4 is 26.8 Å². The van der Waals surface area contributed by atoms with Crippen LogP contribution in [0.4, 0.5) is 0 Å². The molecule has 1 heterocycles. The first-order valence-corrected chi connectivity index (χ1v) is 12.5. The highest BCUT2D eigenvalue weighted by Crippen LogP contribution is 2.64. The molecule has 2 saturated carbocycles. The Labute approximate surface area is 159 Å². The van der Waals surface area contributed by atoms with Gasteiger partial charge in [0, 0.05) is 22.7 Å². The molecule has 1 aliphatic heterocycles. The van der Waals surface area contributed by atoms with Gasteiger partial charge in [-0.2, -0.15) is 0 Å². The quantitative estimate of drug-likeness (QED) is 0.580. The molecule has 0 amide bonds.